The minimum Gasteiger partial charge on any atom is -0.453 e. The lowest BCUT2D eigenvalue weighted by Gasteiger charge is -2.31. The third-order valence-corrected chi connectivity index (χ3v) is 7.24. The van der Waals surface area contributed by atoms with Crippen LogP contribution in [0.1, 0.15) is 44.6 Å². The van der Waals surface area contributed by atoms with Gasteiger partial charge in [-0.15, -0.1) is 0 Å². The average Bonchev–Trinajstić information content (AvgIpc) is 2.85. The quantitative estimate of drug-likeness (QED) is 0.241. The van der Waals surface area contributed by atoms with Crippen molar-refractivity contribution in [3.05, 3.63) is 29.8 Å². The molecule has 10 nitrogen and oxygen atoms in total. The molecule has 0 saturated heterocycles. The number of hydrogen-bond acceptors (Lipinski definition) is 7. The minimum atomic E-state index is -4.10. The fourth-order valence-corrected chi connectivity index (χ4v) is 4.91. The van der Waals surface area contributed by atoms with E-state index in [1.54, 1.807) is 0 Å². The molecule has 35 heavy (non-hydrogen) atoms. The van der Waals surface area contributed by atoms with E-state index in [0.717, 1.165) is 24.3 Å². The number of nitrogens with zero attached hydrogens (tertiary/aromatic N) is 1. The molecule has 0 heterocycles. The van der Waals surface area contributed by atoms with Gasteiger partial charge < -0.3 is 25.6 Å². The van der Waals surface area contributed by atoms with Crippen LogP contribution < -0.4 is 10.6 Å². The average molecular weight is 524 g/mol. The number of halogens is 2. The summed E-state index contributed by atoms with van der Waals surface area (Å²) < 4.78 is 60.7. The van der Waals surface area contributed by atoms with Crippen molar-refractivity contribution in [2.45, 2.75) is 62.5 Å². The van der Waals surface area contributed by atoms with Crippen LogP contribution in [0.3, 0.4) is 0 Å². The third kappa shape index (κ3) is 10.4. The largest absolute Gasteiger partial charge is 0.453 e. The Labute approximate surface area is 204 Å². The Kier molecular flexibility index (Phi) is 13.1. The Morgan fingerprint density at radius 1 is 1.14 bits per heavy atom. The van der Waals surface area contributed by atoms with E-state index in [1.807, 2.05) is 12.2 Å². The monoisotopic (exact) mass is 523 g/mol. The van der Waals surface area contributed by atoms with E-state index in [4.69, 9.17) is 0 Å². The van der Waals surface area contributed by atoms with Crippen LogP contribution in [0, 0.1) is 0 Å². The van der Waals surface area contributed by atoms with Crippen LogP contribution in [0.4, 0.5) is 13.6 Å². The van der Waals surface area contributed by atoms with Gasteiger partial charge in [-0.3, -0.25) is 4.79 Å². The highest BCUT2D eigenvalue weighted by Gasteiger charge is 2.35. The molecule has 0 aliphatic carbocycles. The number of nitrogens with one attached hydrogen (secondary N) is 2. The number of ether oxygens (including phenoxy) is 1. The number of methoxy groups -OCH3 is 1. The van der Waals surface area contributed by atoms with Gasteiger partial charge in [-0.1, -0.05) is 31.9 Å². The smallest absolute Gasteiger partial charge is 0.407 e. The van der Waals surface area contributed by atoms with Gasteiger partial charge in [0, 0.05) is 19.0 Å². The highest BCUT2D eigenvalue weighted by atomic mass is 32.2. The van der Waals surface area contributed by atoms with Crippen LogP contribution in [-0.2, 0) is 26.2 Å². The maximum absolute atomic E-state index is 14.4. The lowest BCUT2D eigenvalue weighted by molar-refractivity contribution is -0.122. The molecule has 0 unspecified atom stereocenters. The van der Waals surface area contributed by atoms with E-state index < -0.39 is 60.1 Å². The minimum absolute atomic E-state index is 0.0463. The Morgan fingerprint density at radius 2 is 1.80 bits per heavy atom. The molecule has 0 aliphatic rings. The van der Waals surface area contributed by atoms with Crippen LogP contribution in [0.2, 0.25) is 0 Å². The van der Waals surface area contributed by atoms with Crippen molar-refractivity contribution < 1.29 is 41.7 Å². The van der Waals surface area contributed by atoms with Gasteiger partial charge in [0.15, 0.2) is 0 Å². The molecule has 0 aliphatic heterocycles. The van der Waals surface area contributed by atoms with Gasteiger partial charge in [-0.25, -0.2) is 22.0 Å². The first-order chi connectivity index (χ1) is 16.5. The first-order valence-corrected chi connectivity index (χ1v) is 12.7. The Bertz CT molecular complexity index is 899. The first-order valence-electron chi connectivity index (χ1n) is 11.3. The highest BCUT2D eigenvalue weighted by molar-refractivity contribution is 7.89. The fourth-order valence-electron chi connectivity index (χ4n) is 3.23. The van der Waals surface area contributed by atoms with Crippen molar-refractivity contribution in [1.29, 1.82) is 0 Å². The number of alkyl halides is 2. The number of carbonyl (C=O) groups excluding carboxylic acids is 2. The van der Waals surface area contributed by atoms with Crippen LogP contribution >= 0.6 is 0 Å². The highest BCUT2D eigenvalue weighted by Crippen LogP contribution is 2.26. The number of alkyl carbamates (subject to hydrolysis) is 1. The maximum atomic E-state index is 14.4. The molecule has 0 spiro atoms. The summed E-state index contributed by atoms with van der Waals surface area (Å²) in [6.45, 7) is -0.496. The molecule has 0 bridgehead atoms. The summed E-state index contributed by atoms with van der Waals surface area (Å²) in [6.07, 6.45) is 0.00107. The van der Waals surface area contributed by atoms with E-state index >= 15 is 0 Å². The second kappa shape index (κ2) is 14.9. The second-order valence-electron chi connectivity index (χ2n) is 7.98. The Morgan fingerprint density at radius 3 is 2.34 bits per heavy atom. The summed E-state index contributed by atoms with van der Waals surface area (Å²) in [6, 6.07) is 4.47. The maximum Gasteiger partial charge on any atom is 0.407 e. The molecular formula is C22H35F2N3O7S. The summed E-state index contributed by atoms with van der Waals surface area (Å²) in [5.41, 5.74) is 0.517. The van der Waals surface area contributed by atoms with Crippen molar-refractivity contribution in [2.24, 2.45) is 0 Å². The van der Waals surface area contributed by atoms with Crippen LogP contribution in [0.5, 0.6) is 0 Å². The van der Waals surface area contributed by atoms with Crippen molar-refractivity contribution in [1.82, 2.24) is 14.9 Å². The summed E-state index contributed by atoms with van der Waals surface area (Å²) in [5.74, 6) is -4.22. The van der Waals surface area contributed by atoms with Gasteiger partial charge in [-0.2, -0.15) is 4.31 Å². The van der Waals surface area contributed by atoms with E-state index in [-0.39, 0.29) is 24.5 Å². The van der Waals surface area contributed by atoms with Gasteiger partial charge in [-0.05, 0) is 30.5 Å². The number of unbranched alkanes of at least 4 members (excludes halogenated alkanes) is 2. The van der Waals surface area contributed by atoms with Crippen molar-refractivity contribution in [3.63, 3.8) is 0 Å². The van der Waals surface area contributed by atoms with Gasteiger partial charge in [0.2, 0.25) is 15.9 Å². The molecule has 0 radical (unpaired) electrons. The molecule has 0 aromatic heterocycles. The van der Waals surface area contributed by atoms with Gasteiger partial charge in [0.05, 0.1) is 38.3 Å². The molecule has 1 aromatic carbocycles. The summed E-state index contributed by atoms with van der Waals surface area (Å²) in [4.78, 5) is 22.5. The summed E-state index contributed by atoms with van der Waals surface area (Å²) >= 11 is 0. The molecule has 1 atom stereocenters. The predicted molar refractivity (Wildman–Crippen MR) is 124 cm³/mol. The zero-order valence-corrected chi connectivity index (χ0v) is 20.8. The number of rotatable bonds is 16. The second-order valence-corrected chi connectivity index (χ2v) is 9.87. The normalized spacial score (nSPS) is 12.9. The molecule has 4 N–H and O–H groups in total. The number of amides is 2. The zero-order valence-electron chi connectivity index (χ0n) is 20.0. The molecule has 13 heteroatoms. The predicted octanol–water partition coefficient (Wildman–Crippen LogP) is 1.61. The van der Waals surface area contributed by atoms with Crippen molar-refractivity contribution in [3.8, 4) is 0 Å². The molecule has 1 aromatic rings. The van der Waals surface area contributed by atoms with Crippen molar-refractivity contribution in [2.75, 3.05) is 33.4 Å². The van der Waals surface area contributed by atoms with Crippen molar-refractivity contribution >= 4 is 22.0 Å². The summed E-state index contributed by atoms with van der Waals surface area (Å²) in [7, 11) is -3.01. The number of sulfonamides is 1. The third-order valence-electron chi connectivity index (χ3n) is 5.28. The van der Waals surface area contributed by atoms with Crippen LogP contribution in [0.15, 0.2) is 29.2 Å². The van der Waals surface area contributed by atoms with E-state index in [1.165, 1.54) is 24.3 Å². The number of hydrogen-bond donors (Lipinski definition) is 4. The van der Waals surface area contributed by atoms with E-state index in [0.29, 0.717) is 12.0 Å². The molecule has 2 amide bonds. The van der Waals surface area contributed by atoms with E-state index in [2.05, 4.69) is 10.1 Å². The van der Waals surface area contributed by atoms with E-state index in [9.17, 15) is 37.0 Å². The lowest BCUT2D eigenvalue weighted by Crippen LogP contribution is -2.45. The van der Waals surface area contributed by atoms with Gasteiger partial charge in [0.25, 0.3) is 5.92 Å². The molecule has 200 valence electrons. The number of aliphatic hydroxyl groups excluding tert-OH is 2. The molecule has 0 saturated carbocycles. The summed E-state index contributed by atoms with van der Waals surface area (Å²) in [5, 5.41) is 23.2. The Hall–Kier alpha value is -2.35. The number of benzene rings is 1. The van der Waals surface area contributed by atoms with Gasteiger partial charge >= 0.3 is 6.09 Å². The fraction of sp³-hybridized carbons (Fsp3) is 0.636. The lowest BCUT2D eigenvalue weighted by atomic mass is 10.1. The van der Waals surface area contributed by atoms with Gasteiger partial charge in [0.1, 0.15) is 0 Å². The number of carbonyl (C=O) groups is 2. The standard InChI is InChI=1S/C22H35F2N3O7S/c1-3-4-5-12-27(35(32,33)19-8-6-17(14-28)7-9-19)18(15-29)10-11-22(23,24)16-26-20(30)13-25-21(31)34-2/h6-9,18,28-29H,3-5,10-16H2,1-2H3,(H,25,31)(H,26,30)/t18-/m0/s1. The Balaban J connectivity index is 2.90. The zero-order chi connectivity index (χ0) is 26.5. The number of aliphatic hydroxyl groups is 2. The topological polar surface area (TPSA) is 145 Å². The van der Waals surface area contributed by atoms with Crippen LogP contribution in [-0.4, -0.2) is 80.3 Å². The SMILES string of the molecule is CCCCCN([C@H](CO)CCC(F)(F)CNC(=O)CNC(=O)OC)S(=O)(=O)c1ccc(CO)cc1. The molecule has 1 rings (SSSR count). The van der Waals surface area contributed by atoms with Crippen LogP contribution in [0.25, 0.3) is 0 Å². The molecule has 0 fully saturated rings. The first kappa shape index (κ1) is 30.7. The molecular weight excluding hydrogens is 488 g/mol.